The molecule has 3 atom stereocenters. The summed E-state index contributed by atoms with van der Waals surface area (Å²) in [6, 6.07) is 4.45. The summed E-state index contributed by atoms with van der Waals surface area (Å²) in [6.07, 6.45) is 11.2. The van der Waals surface area contributed by atoms with Crippen molar-refractivity contribution in [2.45, 2.75) is 75.6 Å². The van der Waals surface area contributed by atoms with Gasteiger partial charge < -0.3 is 10.1 Å². The Morgan fingerprint density at radius 1 is 1.11 bits per heavy atom. The molecule has 0 aromatic carbocycles. The largest absolute Gasteiger partial charge is 0.490 e. The van der Waals surface area contributed by atoms with Crippen LogP contribution in [0.15, 0.2) is 24.5 Å². The van der Waals surface area contributed by atoms with Crippen molar-refractivity contribution in [3.8, 4) is 5.75 Å². The first kappa shape index (κ1) is 23.7. The molecule has 0 amide bonds. The minimum absolute atomic E-state index is 0. The van der Waals surface area contributed by atoms with Crippen LogP contribution in [0.25, 0.3) is 0 Å². The maximum absolute atomic E-state index is 12.9. The van der Waals surface area contributed by atoms with E-state index in [-0.39, 0.29) is 48.8 Å². The Kier molecular flexibility index (Phi) is 8.82. The van der Waals surface area contributed by atoms with E-state index >= 15 is 0 Å². The van der Waals surface area contributed by atoms with E-state index in [1.165, 1.54) is 12.8 Å². The molecule has 3 fully saturated rings. The smallest absolute Gasteiger partial charge is 0.214 e. The topological polar surface area (TPSA) is 71.5 Å². The van der Waals surface area contributed by atoms with Gasteiger partial charge in [-0.15, -0.1) is 24.8 Å². The van der Waals surface area contributed by atoms with Gasteiger partial charge in [-0.2, -0.15) is 4.31 Å². The van der Waals surface area contributed by atoms with Gasteiger partial charge in [-0.25, -0.2) is 8.42 Å². The second-order valence-electron chi connectivity index (χ2n) is 7.86. The fourth-order valence-corrected chi connectivity index (χ4v) is 6.90. The van der Waals surface area contributed by atoms with Gasteiger partial charge in [-0.3, -0.25) is 4.98 Å². The molecular formula is C19H31Cl2N3O3S. The van der Waals surface area contributed by atoms with E-state index in [2.05, 4.69) is 10.3 Å². The first-order valence-electron chi connectivity index (χ1n) is 9.93. The van der Waals surface area contributed by atoms with Crippen LogP contribution < -0.4 is 10.1 Å². The van der Waals surface area contributed by atoms with Crippen LogP contribution in [0, 0.1) is 0 Å². The third-order valence-electron chi connectivity index (χ3n) is 6.01. The highest BCUT2D eigenvalue weighted by Gasteiger charge is 2.47. The lowest BCUT2D eigenvalue weighted by Crippen LogP contribution is -2.49. The molecule has 0 aliphatic carbocycles. The first-order chi connectivity index (χ1) is 12.6. The van der Waals surface area contributed by atoms with Crippen molar-refractivity contribution in [2.75, 3.05) is 12.3 Å². The molecular weight excluding hydrogens is 421 g/mol. The van der Waals surface area contributed by atoms with Crippen molar-refractivity contribution in [3.05, 3.63) is 24.5 Å². The van der Waals surface area contributed by atoms with Gasteiger partial charge in [0.1, 0.15) is 11.9 Å². The van der Waals surface area contributed by atoms with Gasteiger partial charge in [0.05, 0.1) is 5.75 Å². The van der Waals surface area contributed by atoms with E-state index < -0.39 is 10.0 Å². The Labute approximate surface area is 180 Å². The van der Waals surface area contributed by atoms with Gasteiger partial charge in [-0.1, -0.05) is 0 Å². The molecule has 1 N–H and O–H groups in total. The quantitative estimate of drug-likeness (QED) is 0.688. The molecule has 1 aromatic heterocycles. The van der Waals surface area contributed by atoms with Gasteiger partial charge in [0.2, 0.25) is 10.0 Å². The zero-order chi connectivity index (χ0) is 18.0. The maximum atomic E-state index is 12.9. The predicted octanol–water partition coefficient (Wildman–Crippen LogP) is 3.16. The number of pyridine rings is 1. The number of aromatic nitrogens is 1. The van der Waals surface area contributed by atoms with Crippen LogP contribution in [-0.2, 0) is 10.0 Å². The molecule has 0 radical (unpaired) electrons. The third kappa shape index (κ3) is 5.51. The average molecular weight is 452 g/mol. The second kappa shape index (κ2) is 10.4. The van der Waals surface area contributed by atoms with Crippen LogP contribution in [0.1, 0.15) is 51.4 Å². The lowest BCUT2D eigenvalue weighted by Gasteiger charge is -2.38. The highest BCUT2D eigenvalue weighted by atomic mass is 35.5. The predicted molar refractivity (Wildman–Crippen MR) is 115 cm³/mol. The number of rotatable bonds is 7. The number of hydrogen-bond donors (Lipinski definition) is 1. The van der Waals surface area contributed by atoms with Crippen molar-refractivity contribution in [1.82, 2.24) is 14.6 Å². The van der Waals surface area contributed by atoms with Crippen molar-refractivity contribution >= 4 is 34.8 Å². The fourth-order valence-electron chi connectivity index (χ4n) is 4.86. The number of nitrogens with one attached hydrogen (secondary N) is 1. The molecule has 2 unspecified atom stereocenters. The Bertz CT molecular complexity index is 688. The maximum Gasteiger partial charge on any atom is 0.214 e. The SMILES string of the molecule is Cl.Cl.O=S(=O)(CCC[C@@H]1CCCN1)N1C2CCC1CC(Oc1ccncc1)C2. The van der Waals surface area contributed by atoms with E-state index in [1.807, 2.05) is 16.4 Å². The highest BCUT2D eigenvalue weighted by Crippen LogP contribution is 2.39. The van der Waals surface area contributed by atoms with Crippen LogP contribution in [0.2, 0.25) is 0 Å². The number of halogens is 2. The molecule has 3 saturated heterocycles. The Morgan fingerprint density at radius 2 is 1.79 bits per heavy atom. The number of nitrogens with zero attached hydrogens (tertiary/aromatic N) is 2. The Morgan fingerprint density at radius 3 is 2.39 bits per heavy atom. The number of piperidine rings is 1. The monoisotopic (exact) mass is 451 g/mol. The van der Waals surface area contributed by atoms with Gasteiger partial charge in [0, 0.05) is 43.4 Å². The molecule has 0 saturated carbocycles. The number of hydrogen-bond acceptors (Lipinski definition) is 5. The molecule has 160 valence electrons. The first-order valence-corrected chi connectivity index (χ1v) is 11.5. The molecule has 1 aromatic rings. The van der Waals surface area contributed by atoms with Gasteiger partial charge in [0.15, 0.2) is 0 Å². The minimum atomic E-state index is -3.17. The zero-order valence-corrected chi connectivity index (χ0v) is 18.5. The van der Waals surface area contributed by atoms with Crippen LogP contribution >= 0.6 is 24.8 Å². The summed E-state index contributed by atoms with van der Waals surface area (Å²) in [6.45, 7) is 1.08. The Balaban J connectivity index is 0.00000140. The lowest BCUT2D eigenvalue weighted by molar-refractivity contribution is 0.0956. The minimum Gasteiger partial charge on any atom is -0.490 e. The normalized spacial score (nSPS) is 29.7. The summed E-state index contributed by atoms with van der Waals surface area (Å²) in [7, 11) is -3.17. The van der Waals surface area contributed by atoms with E-state index in [0.29, 0.717) is 6.04 Å². The van der Waals surface area contributed by atoms with E-state index in [9.17, 15) is 8.42 Å². The number of fused-ring (bicyclic) bond motifs is 2. The standard InChI is InChI=1S/C19H29N3O3S.2ClH/c23-26(24,12-2-4-15-3-1-9-21-15)22-16-5-6-17(22)14-19(13-16)25-18-7-10-20-11-8-18;;/h7-8,10-11,15-17,19,21H,1-6,9,12-14H2;2*1H/t15-,16?,17?,19?;;/m0../s1. The molecule has 9 heteroatoms. The van der Waals surface area contributed by atoms with Crippen LogP contribution in [0.5, 0.6) is 5.75 Å². The van der Waals surface area contributed by atoms with E-state index in [1.54, 1.807) is 12.4 Å². The number of ether oxygens (including phenoxy) is 1. The molecule has 4 rings (SSSR count). The van der Waals surface area contributed by atoms with Gasteiger partial charge in [-0.05, 0) is 57.2 Å². The molecule has 0 spiro atoms. The highest BCUT2D eigenvalue weighted by molar-refractivity contribution is 7.89. The summed E-state index contributed by atoms with van der Waals surface area (Å²) in [5.41, 5.74) is 0. The molecule has 2 bridgehead atoms. The summed E-state index contributed by atoms with van der Waals surface area (Å²) in [4.78, 5) is 4.01. The second-order valence-corrected chi connectivity index (χ2v) is 9.85. The van der Waals surface area contributed by atoms with Gasteiger partial charge >= 0.3 is 0 Å². The summed E-state index contributed by atoms with van der Waals surface area (Å²) in [5.74, 6) is 1.11. The van der Waals surface area contributed by atoms with Crippen molar-refractivity contribution in [1.29, 1.82) is 0 Å². The molecule has 3 aliphatic rings. The van der Waals surface area contributed by atoms with Crippen LogP contribution in [0.3, 0.4) is 0 Å². The van der Waals surface area contributed by atoms with E-state index in [4.69, 9.17) is 4.74 Å². The molecule has 6 nitrogen and oxygen atoms in total. The van der Waals surface area contributed by atoms with Crippen molar-refractivity contribution < 1.29 is 13.2 Å². The average Bonchev–Trinajstić information content (AvgIpc) is 3.23. The third-order valence-corrected chi connectivity index (χ3v) is 8.06. The van der Waals surface area contributed by atoms with Crippen molar-refractivity contribution in [3.63, 3.8) is 0 Å². The Hall–Kier alpha value is -0.600. The van der Waals surface area contributed by atoms with Gasteiger partial charge in [0.25, 0.3) is 0 Å². The van der Waals surface area contributed by atoms with Crippen LogP contribution in [-0.4, -0.2) is 54.2 Å². The summed E-state index contributed by atoms with van der Waals surface area (Å²) in [5, 5.41) is 3.45. The molecule has 3 aliphatic heterocycles. The lowest BCUT2D eigenvalue weighted by atomic mass is 10.0. The van der Waals surface area contributed by atoms with E-state index in [0.717, 1.165) is 50.8 Å². The van der Waals surface area contributed by atoms with Crippen LogP contribution in [0.4, 0.5) is 0 Å². The summed E-state index contributed by atoms with van der Waals surface area (Å²) >= 11 is 0. The molecule has 28 heavy (non-hydrogen) atoms. The molecule has 4 heterocycles. The zero-order valence-electron chi connectivity index (χ0n) is 16.0. The fraction of sp³-hybridized carbons (Fsp3) is 0.737. The number of sulfonamides is 1. The summed E-state index contributed by atoms with van der Waals surface area (Å²) < 4.78 is 33.8. The van der Waals surface area contributed by atoms with Crippen molar-refractivity contribution in [2.24, 2.45) is 0 Å².